The van der Waals surface area contributed by atoms with Gasteiger partial charge in [0.25, 0.3) is 0 Å². The average Bonchev–Trinajstić information content (AvgIpc) is 3.09. The number of benzene rings is 2. The first kappa shape index (κ1) is 18.5. The van der Waals surface area contributed by atoms with E-state index in [9.17, 15) is 9.18 Å². The van der Waals surface area contributed by atoms with Crippen LogP contribution in [0.1, 0.15) is 17.1 Å². The monoisotopic (exact) mass is 392 g/mol. The number of ether oxygens (including phenoxy) is 1. The molecule has 2 heterocycles. The van der Waals surface area contributed by atoms with Crippen molar-refractivity contribution in [3.63, 3.8) is 0 Å². The summed E-state index contributed by atoms with van der Waals surface area (Å²) in [5.41, 5.74) is 2.66. The van der Waals surface area contributed by atoms with Crippen molar-refractivity contribution in [1.82, 2.24) is 15.1 Å². The molecule has 7 nitrogen and oxygen atoms in total. The Labute approximate surface area is 165 Å². The predicted molar refractivity (Wildman–Crippen MR) is 104 cm³/mol. The van der Waals surface area contributed by atoms with E-state index in [4.69, 9.17) is 9.26 Å². The van der Waals surface area contributed by atoms with Crippen LogP contribution in [0.4, 0.5) is 10.1 Å². The highest BCUT2D eigenvalue weighted by Gasteiger charge is 2.16. The number of carbonyl (C=O) groups excluding carboxylic acids is 1. The summed E-state index contributed by atoms with van der Waals surface area (Å²) < 4.78 is 24.4. The Morgan fingerprint density at radius 2 is 1.76 bits per heavy atom. The van der Waals surface area contributed by atoms with Crippen LogP contribution in [-0.2, 0) is 11.2 Å². The molecule has 2 aromatic carbocycles. The number of carbonyl (C=O) groups is 1. The van der Waals surface area contributed by atoms with Crippen LogP contribution in [0.15, 0.2) is 53.1 Å². The maximum Gasteiger partial charge on any atom is 0.322 e. The quantitative estimate of drug-likeness (QED) is 0.543. The molecule has 8 heteroatoms. The number of fused-ring (bicyclic) bond motifs is 1. The molecule has 2 aromatic heterocycles. The van der Waals surface area contributed by atoms with Crippen molar-refractivity contribution in [2.24, 2.45) is 0 Å². The normalized spacial score (nSPS) is 10.9. The van der Waals surface area contributed by atoms with Gasteiger partial charge in [0.1, 0.15) is 5.69 Å². The molecule has 1 amide bonds. The Balaban J connectivity index is 1.51. The van der Waals surface area contributed by atoms with Gasteiger partial charge in [0.15, 0.2) is 17.1 Å². The molecule has 4 aromatic rings. The van der Waals surface area contributed by atoms with Gasteiger partial charge in [-0.1, -0.05) is 29.4 Å². The minimum Gasteiger partial charge on any atom is -0.421 e. The Kier molecular flexibility index (Phi) is 4.90. The second-order valence-corrected chi connectivity index (χ2v) is 6.43. The summed E-state index contributed by atoms with van der Waals surface area (Å²) >= 11 is 0. The molecule has 0 atom stereocenters. The van der Waals surface area contributed by atoms with Gasteiger partial charge >= 0.3 is 6.01 Å². The minimum atomic E-state index is -0.511. The van der Waals surface area contributed by atoms with Gasteiger partial charge in [-0.15, -0.1) is 0 Å². The lowest BCUT2D eigenvalue weighted by molar-refractivity contribution is -0.115. The zero-order valence-corrected chi connectivity index (χ0v) is 15.8. The van der Waals surface area contributed by atoms with E-state index in [1.807, 2.05) is 18.2 Å². The Morgan fingerprint density at radius 1 is 1.07 bits per heavy atom. The van der Waals surface area contributed by atoms with Crippen molar-refractivity contribution in [3.8, 4) is 11.8 Å². The first-order valence-corrected chi connectivity index (χ1v) is 8.92. The van der Waals surface area contributed by atoms with Crippen molar-refractivity contribution in [3.05, 3.63) is 71.4 Å². The maximum atomic E-state index is 13.8. The van der Waals surface area contributed by atoms with Crippen LogP contribution < -0.4 is 10.1 Å². The van der Waals surface area contributed by atoms with Crippen LogP contribution in [0.2, 0.25) is 0 Å². The molecule has 0 saturated carbocycles. The Hall–Kier alpha value is -3.81. The summed E-state index contributed by atoms with van der Waals surface area (Å²) in [6.07, 6.45) is 0.0450. The summed E-state index contributed by atoms with van der Waals surface area (Å²) in [7, 11) is 0. The molecule has 0 unspecified atom stereocenters. The SMILES string of the molecule is Cc1nc(Oc2ccccc2F)nc(C)c1NC(=O)Cc1noc2ccccc12. The molecule has 0 aliphatic carbocycles. The van der Waals surface area contributed by atoms with E-state index >= 15 is 0 Å². The number of nitrogens with zero attached hydrogens (tertiary/aromatic N) is 3. The number of para-hydroxylation sites is 2. The van der Waals surface area contributed by atoms with Crippen LogP contribution in [-0.4, -0.2) is 21.0 Å². The van der Waals surface area contributed by atoms with E-state index in [0.29, 0.717) is 28.4 Å². The predicted octanol–water partition coefficient (Wildman–Crippen LogP) is 4.35. The number of aromatic nitrogens is 3. The Morgan fingerprint density at radius 3 is 2.52 bits per heavy atom. The molecule has 4 rings (SSSR count). The summed E-state index contributed by atoms with van der Waals surface area (Å²) in [4.78, 5) is 21.0. The van der Waals surface area contributed by atoms with Gasteiger partial charge in [0.05, 0.1) is 23.5 Å². The van der Waals surface area contributed by atoms with Crippen LogP contribution in [0, 0.1) is 19.7 Å². The van der Waals surface area contributed by atoms with E-state index in [2.05, 4.69) is 20.4 Å². The van der Waals surface area contributed by atoms with Gasteiger partial charge in [-0.05, 0) is 38.1 Å². The van der Waals surface area contributed by atoms with Crippen molar-refractivity contribution in [2.75, 3.05) is 5.32 Å². The molecule has 0 bridgehead atoms. The highest BCUT2D eigenvalue weighted by molar-refractivity contribution is 5.95. The first-order chi connectivity index (χ1) is 14.0. The molecule has 0 aliphatic rings. The van der Waals surface area contributed by atoms with Crippen molar-refractivity contribution >= 4 is 22.6 Å². The van der Waals surface area contributed by atoms with E-state index < -0.39 is 5.82 Å². The van der Waals surface area contributed by atoms with Crippen molar-refractivity contribution < 1.29 is 18.4 Å². The van der Waals surface area contributed by atoms with Gasteiger partial charge < -0.3 is 14.6 Å². The lowest BCUT2D eigenvalue weighted by atomic mass is 10.1. The molecular formula is C21H17FN4O3. The van der Waals surface area contributed by atoms with Crippen LogP contribution in [0.5, 0.6) is 11.8 Å². The number of anilines is 1. The fraction of sp³-hybridized carbons (Fsp3) is 0.143. The fourth-order valence-corrected chi connectivity index (χ4v) is 2.94. The van der Waals surface area contributed by atoms with E-state index in [1.54, 1.807) is 32.0 Å². The second-order valence-electron chi connectivity index (χ2n) is 6.43. The molecular weight excluding hydrogens is 375 g/mol. The van der Waals surface area contributed by atoms with Gasteiger partial charge in [-0.2, -0.15) is 9.97 Å². The molecule has 0 radical (unpaired) electrons. The van der Waals surface area contributed by atoms with E-state index in [1.165, 1.54) is 12.1 Å². The lowest BCUT2D eigenvalue weighted by Gasteiger charge is -2.12. The smallest absolute Gasteiger partial charge is 0.322 e. The number of hydrogen-bond donors (Lipinski definition) is 1. The molecule has 0 aliphatic heterocycles. The zero-order chi connectivity index (χ0) is 20.4. The minimum absolute atomic E-state index is 0.00518. The molecule has 0 fully saturated rings. The number of halogens is 1. The standard InChI is InChI=1S/C21H17FN4O3/c1-12-20(13(2)24-21(23-12)28-18-10-6-4-8-15(18)22)25-19(27)11-16-14-7-3-5-9-17(14)29-26-16/h3-10H,11H2,1-2H3,(H,25,27). The van der Waals surface area contributed by atoms with Crippen LogP contribution in [0.3, 0.4) is 0 Å². The number of rotatable bonds is 5. The van der Waals surface area contributed by atoms with E-state index in [0.717, 1.165) is 5.39 Å². The largest absolute Gasteiger partial charge is 0.421 e. The summed E-state index contributed by atoms with van der Waals surface area (Å²) in [6, 6.07) is 13.3. The Bertz CT molecular complexity index is 1180. The van der Waals surface area contributed by atoms with Crippen LogP contribution >= 0.6 is 0 Å². The maximum absolute atomic E-state index is 13.8. The number of hydrogen-bond acceptors (Lipinski definition) is 6. The third-order valence-corrected chi connectivity index (χ3v) is 4.33. The molecule has 0 saturated heterocycles. The number of nitrogens with one attached hydrogen (secondary N) is 1. The molecule has 1 N–H and O–H groups in total. The third kappa shape index (κ3) is 3.91. The fourth-order valence-electron chi connectivity index (χ4n) is 2.94. The van der Waals surface area contributed by atoms with E-state index in [-0.39, 0.29) is 24.1 Å². The number of aryl methyl sites for hydroxylation is 2. The second kappa shape index (κ2) is 7.67. The first-order valence-electron chi connectivity index (χ1n) is 8.92. The topological polar surface area (TPSA) is 90.1 Å². The van der Waals surface area contributed by atoms with Gasteiger partial charge in [0, 0.05) is 5.39 Å². The van der Waals surface area contributed by atoms with Gasteiger partial charge in [-0.3, -0.25) is 4.79 Å². The van der Waals surface area contributed by atoms with Crippen molar-refractivity contribution in [2.45, 2.75) is 20.3 Å². The average molecular weight is 392 g/mol. The molecule has 29 heavy (non-hydrogen) atoms. The van der Waals surface area contributed by atoms with Crippen molar-refractivity contribution in [1.29, 1.82) is 0 Å². The zero-order valence-electron chi connectivity index (χ0n) is 15.8. The number of amides is 1. The lowest BCUT2D eigenvalue weighted by Crippen LogP contribution is -2.17. The third-order valence-electron chi connectivity index (χ3n) is 4.33. The molecule has 0 spiro atoms. The summed E-state index contributed by atoms with van der Waals surface area (Å²) in [5, 5.41) is 7.57. The highest BCUT2D eigenvalue weighted by Crippen LogP contribution is 2.25. The molecule has 146 valence electrons. The summed E-state index contributed by atoms with van der Waals surface area (Å²) in [5.74, 6) is -0.758. The van der Waals surface area contributed by atoms with Crippen LogP contribution in [0.25, 0.3) is 11.0 Å². The highest BCUT2D eigenvalue weighted by atomic mass is 19.1. The van der Waals surface area contributed by atoms with Gasteiger partial charge in [0.2, 0.25) is 5.91 Å². The summed E-state index contributed by atoms with van der Waals surface area (Å²) in [6.45, 7) is 3.42. The van der Waals surface area contributed by atoms with Gasteiger partial charge in [-0.25, -0.2) is 4.39 Å².